The van der Waals surface area contributed by atoms with Crippen LogP contribution in [0.5, 0.6) is 11.5 Å². The van der Waals surface area contributed by atoms with Gasteiger partial charge in [0.05, 0.1) is 12.6 Å². The molecule has 31 heavy (non-hydrogen) atoms. The van der Waals surface area contributed by atoms with Crippen molar-refractivity contribution < 1.29 is 37.1 Å². The number of carbonyl (C=O) groups is 1. The van der Waals surface area contributed by atoms with Gasteiger partial charge in [0.15, 0.2) is 17.3 Å². The summed E-state index contributed by atoms with van der Waals surface area (Å²) in [7, 11) is -1.41. The van der Waals surface area contributed by atoms with Gasteiger partial charge in [-0.1, -0.05) is 6.08 Å². The lowest BCUT2D eigenvalue weighted by Gasteiger charge is -2.22. The number of nitrogens with zero attached hydrogens (tertiary/aromatic N) is 2. The van der Waals surface area contributed by atoms with Gasteiger partial charge < -0.3 is 30.2 Å². The summed E-state index contributed by atoms with van der Waals surface area (Å²) < 4.78 is 54.8. The molecular weight excluding hydrogens is 420 g/mol. The maximum Gasteiger partial charge on any atom is 0.573 e. The zero-order valence-corrected chi connectivity index (χ0v) is 16.1. The van der Waals surface area contributed by atoms with Crippen LogP contribution in [0, 0.1) is 0 Å². The van der Waals surface area contributed by atoms with Crippen molar-refractivity contribution in [3.63, 3.8) is 0 Å². The summed E-state index contributed by atoms with van der Waals surface area (Å²) in [5.41, 5.74) is 5.91. The molecule has 1 fully saturated rings. The Kier molecular flexibility index (Phi) is 5.54. The first-order valence-corrected chi connectivity index (χ1v) is 9.40. The van der Waals surface area contributed by atoms with Crippen molar-refractivity contribution in [3.05, 3.63) is 35.4 Å². The van der Waals surface area contributed by atoms with Crippen LogP contribution in [0.2, 0.25) is 0 Å². The fraction of sp³-hybridized carbons (Fsp3) is 0.333. The van der Waals surface area contributed by atoms with Crippen LogP contribution in [0.3, 0.4) is 0 Å². The number of rotatable bonds is 5. The van der Waals surface area contributed by atoms with E-state index in [9.17, 15) is 23.0 Å². The maximum absolute atomic E-state index is 12.9. The highest BCUT2D eigenvalue weighted by molar-refractivity contribution is 6.51. The van der Waals surface area contributed by atoms with E-state index in [0.717, 1.165) is 18.9 Å². The number of fused-ring (bicyclic) bond motifs is 1. The van der Waals surface area contributed by atoms with E-state index in [1.165, 1.54) is 24.3 Å². The lowest BCUT2D eigenvalue weighted by atomic mass is 9.86. The molecular formula is C18H18BF3N4O5. The lowest BCUT2D eigenvalue weighted by molar-refractivity contribution is -0.275. The van der Waals surface area contributed by atoms with Crippen LogP contribution in [-0.4, -0.2) is 47.4 Å². The van der Waals surface area contributed by atoms with Gasteiger partial charge in [0.2, 0.25) is 0 Å². The molecule has 0 aliphatic carbocycles. The largest absolute Gasteiger partial charge is 0.573 e. The van der Waals surface area contributed by atoms with Gasteiger partial charge in [-0.05, 0) is 24.9 Å². The van der Waals surface area contributed by atoms with Gasteiger partial charge in [-0.15, -0.1) is 13.2 Å². The number of amides is 1. The fourth-order valence-corrected chi connectivity index (χ4v) is 3.41. The number of aromatic nitrogens is 2. The molecule has 4 rings (SSSR count). The minimum absolute atomic E-state index is 0.0730. The van der Waals surface area contributed by atoms with E-state index in [1.807, 2.05) is 0 Å². The molecule has 0 unspecified atom stereocenters. The second-order valence-electron chi connectivity index (χ2n) is 7.04. The first kappa shape index (κ1) is 21.1. The normalized spacial score (nSPS) is 18.3. The molecule has 0 spiro atoms. The van der Waals surface area contributed by atoms with Gasteiger partial charge in [-0.2, -0.15) is 5.10 Å². The summed E-state index contributed by atoms with van der Waals surface area (Å²) in [6.45, 7) is 1.07. The van der Waals surface area contributed by atoms with E-state index in [1.54, 1.807) is 4.68 Å². The molecule has 0 bridgehead atoms. The van der Waals surface area contributed by atoms with Gasteiger partial charge in [0, 0.05) is 30.1 Å². The van der Waals surface area contributed by atoms with Gasteiger partial charge in [0.25, 0.3) is 5.91 Å². The third-order valence-electron chi connectivity index (χ3n) is 4.76. The number of benzene rings is 1. The molecule has 2 aliphatic heterocycles. The minimum atomic E-state index is -4.98. The van der Waals surface area contributed by atoms with Crippen molar-refractivity contribution in [2.24, 2.45) is 5.73 Å². The Morgan fingerprint density at radius 2 is 2.23 bits per heavy atom. The molecule has 9 nitrogen and oxygen atoms in total. The highest BCUT2D eigenvalue weighted by Gasteiger charge is 2.34. The quantitative estimate of drug-likeness (QED) is 0.614. The molecule has 2 aliphatic rings. The number of carbonyl (C=O) groups excluding carboxylic acids is 1. The second kappa shape index (κ2) is 8.15. The molecule has 1 aromatic heterocycles. The number of ether oxygens (including phenoxy) is 2. The van der Waals surface area contributed by atoms with Crippen LogP contribution in [0.15, 0.2) is 24.3 Å². The number of anilines is 2. The number of alkyl halides is 3. The van der Waals surface area contributed by atoms with E-state index in [4.69, 9.17) is 15.1 Å². The minimum Gasteiger partial charge on any atom is -0.530 e. The molecule has 2 aromatic rings. The molecule has 1 aromatic carbocycles. The summed E-state index contributed by atoms with van der Waals surface area (Å²) in [6.07, 6.45) is -0.477. The van der Waals surface area contributed by atoms with Gasteiger partial charge in [-0.3, -0.25) is 9.48 Å². The Balaban J connectivity index is 1.69. The second-order valence-corrected chi connectivity index (χ2v) is 7.04. The van der Waals surface area contributed by atoms with Crippen LogP contribution in [0.4, 0.5) is 24.7 Å². The van der Waals surface area contributed by atoms with Crippen LogP contribution in [-0.2, 0) is 4.74 Å². The highest BCUT2D eigenvalue weighted by atomic mass is 19.4. The van der Waals surface area contributed by atoms with Crippen LogP contribution >= 0.6 is 0 Å². The van der Waals surface area contributed by atoms with Crippen molar-refractivity contribution in [2.45, 2.75) is 25.2 Å². The summed E-state index contributed by atoms with van der Waals surface area (Å²) in [6, 6.07) is 2.41. The van der Waals surface area contributed by atoms with Gasteiger partial charge >= 0.3 is 13.5 Å². The Labute approximate surface area is 174 Å². The van der Waals surface area contributed by atoms with Crippen molar-refractivity contribution >= 4 is 30.6 Å². The topological polar surface area (TPSA) is 121 Å². The number of hydrogen-bond acceptors (Lipinski definition) is 7. The molecule has 0 radical (unpaired) electrons. The average Bonchev–Trinajstić information content (AvgIpc) is 3.12. The molecule has 3 heterocycles. The number of nitrogens with one attached hydrogen (secondary N) is 1. The van der Waals surface area contributed by atoms with Crippen LogP contribution in [0.1, 0.15) is 34.8 Å². The zero-order valence-electron chi connectivity index (χ0n) is 16.1. The number of primary amides is 1. The number of halogens is 3. The number of nitrogens with two attached hydrogens (primary N) is 1. The van der Waals surface area contributed by atoms with Crippen LogP contribution < -0.4 is 20.4 Å². The van der Waals surface area contributed by atoms with Crippen molar-refractivity contribution in [2.75, 3.05) is 18.5 Å². The molecule has 0 saturated carbocycles. The van der Waals surface area contributed by atoms with E-state index < -0.39 is 25.1 Å². The Morgan fingerprint density at radius 1 is 1.42 bits per heavy atom. The first-order valence-electron chi connectivity index (χ1n) is 9.40. The van der Waals surface area contributed by atoms with Crippen molar-refractivity contribution in [1.82, 2.24) is 9.78 Å². The zero-order chi connectivity index (χ0) is 22.2. The summed E-state index contributed by atoms with van der Waals surface area (Å²) in [4.78, 5) is 11.9. The van der Waals surface area contributed by atoms with E-state index in [2.05, 4.69) is 15.2 Å². The molecule has 164 valence electrons. The van der Waals surface area contributed by atoms with Crippen LogP contribution in [0.25, 0.3) is 6.08 Å². The van der Waals surface area contributed by atoms with Crippen molar-refractivity contribution in [3.8, 4) is 11.5 Å². The predicted octanol–water partition coefficient (Wildman–Crippen LogP) is 2.40. The maximum atomic E-state index is 12.9. The van der Waals surface area contributed by atoms with Crippen molar-refractivity contribution in [1.29, 1.82) is 0 Å². The predicted molar refractivity (Wildman–Crippen MR) is 104 cm³/mol. The molecule has 1 atom stereocenters. The van der Waals surface area contributed by atoms with Gasteiger partial charge in [0.1, 0.15) is 5.56 Å². The Hall–Kier alpha value is -3.19. The standard InChI is InChI=1S/C18H18BF3N4O5/c20-18(21,22)30-14-7-11(6-10-3-4-19(28)31-15(10)14)24-17-13(16(23)27)8-26(25-17)12-2-1-5-29-9-12/h3-4,6-8,12,28H,1-2,5,9H2,(H2,23,27)(H,24,25)/t12-/m1/s1. The first-order chi connectivity index (χ1) is 14.7. The fourth-order valence-electron chi connectivity index (χ4n) is 3.41. The molecule has 13 heteroatoms. The monoisotopic (exact) mass is 438 g/mol. The molecule has 1 saturated heterocycles. The van der Waals surface area contributed by atoms with Gasteiger partial charge in [-0.25, -0.2) is 0 Å². The average molecular weight is 438 g/mol. The molecule has 4 N–H and O–H groups in total. The van der Waals surface area contributed by atoms with E-state index in [0.29, 0.717) is 13.2 Å². The van der Waals surface area contributed by atoms with E-state index >= 15 is 0 Å². The van der Waals surface area contributed by atoms with E-state index in [-0.39, 0.29) is 34.4 Å². The Morgan fingerprint density at radius 3 is 2.90 bits per heavy atom. The summed E-state index contributed by atoms with van der Waals surface area (Å²) >= 11 is 0. The smallest absolute Gasteiger partial charge is 0.530 e. The Bertz CT molecular complexity index is 1020. The summed E-state index contributed by atoms with van der Waals surface area (Å²) in [5, 5.41) is 16.8. The molecule has 1 amide bonds. The highest BCUT2D eigenvalue weighted by Crippen LogP contribution is 2.41. The lowest BCUT2D eigenvalue weighted by Crippen LogP contribution is -2.24. The third kappa shape index (κ3) is 4.77. The third-order valence-corrected chi connectivity index (χ3v) is 4.76. The number of hydrogen-bond donors (Lipinski definition) is 3. The summed E-state index contributed by atoms with van der Waals surface area (Å²) in [5.74, 6) is -0.330. The SMILES string of the molecule is NC(=O)c1cn([C@@H]2CCCOC2)nc1Nc1cc2c(c(OC(F)(F)F)c1)OB(O)C=C2.